The first-order valence-corrected chi connectivity index (χ1v) is 16.5. The molecule has 41 heavy (non-hydrogen) atoms. The Labute approximate surface area is 245 Å². The van der Waals surface area contributed by atoms with Crippen LogP contribution >= 0.6 is 0 Å². The van der Waals surface area contributed by atoms with Crippen LogP contribution in [0.15, 0.2) is 152 Å². The number of benzene rings is 6. The molecule has 6 aromatic carbocycles. The van der Waals surface area contributed by atoms with Crippen molar-refractivity contribution in [3.63, 3.8) is 0 Å². The highest BCUT2D eigenvalue weighted by molar-refractivity contribution is 7.20. The maximum atomic E-state index is 2.43. The van der Waals surface area contributed by atoms with Gasteiger partial charge in [0.2, 0.25) is 0 Å². The lowest BCUT2D eigenvalue weighted by atomic mass is 9.74. The minimum Gasteiger partial charge on any atom is -0.0623 e. The van der Waals surface area contributed by atoms with Crippen LogP contribution in [0.1, 0.15) is 30.5 Å². The Bertz CT molecular complexity index is 1830. The second-order valence-corrected chi connectivity index (χ2v) is 15.5. The molecule has 1 heterocycles. The Balaban J connectivity index is 1.78. The van der Waals surface area contributed by atoms with Gasteiger partial charge >= 0.3 is 0 Å². The van der Waals surface area contributed by atoms with E-state index in [1.165, 1.54) is 59.7 Å². The summed E-state index contributed by atoms with van der Waals surface area (Å²) in [7, 11) is -2.81. The average molecular weight is 543 g/mol. The van der Waals surface area contributed by atoms with Crippen molar-refractivity contribution in [2.75, 3.05) is 0 Å². The number of aryl methyl sites for hydroxylation is 1. The van der Waals surface area contributed by atoms with Crippen molar-refractivity contribution < 1.29 is 0 Å². The molecule has 1 aliphatic heterocycles. The molecular formula is C40H34Si. The fraction of sp³-hybridized carbons (Fsp3) is 0.100. The Morgan fingerprint density at radius 1 is 0.415 bits per heavy atom. The summed E-state index contributed by atoms with van der Waals surface area (Å²) in [5.41, 5.74) is 9.06. The number of fused-ring (bicyclic) bond motifs is 6. The van der Waals surface area contributed by atoms with Crippen LogP contribution in [0, 0.1) is 6.92 Å². The van der Waals surface area contributed by atoms with Crippen molar-refractivity contribution in [3.05, 3.63) is 168 Å². The molecule has 0 saturated carbocycles. The molecule has 0 spiro atoms. The van der Waals surface area contributed by atoms with Gasteiger partial charge in [-0.3, -0.25) is 0 Å². The van der Waals surface area contributed by atoms with Crippen LogP contribution in [0.4, 0.5) is 0 Å². The van der Waals surface area contributed by atoms with E-state index in [0.717, 1.165) is 0 Å². The van der Waals surface area contributed by atoms with Gasteiger partial charge in [0, 0.05) is 5.41 Å². The minimum atomic E-state index is -2.81. The lowest BCUT2D eigenvalue weighted by Crippen LogP contribution is -2.76. The zero-order chi connectivity index (χ0) is 28.0. The molecule has 0 unspecified atom stereocenters. The Morgan fingerprint density at radius 2 is 0.927 bits per heavy atom. The SMILES string of the molecule is Cc1ccc2c(c1)-c1ccccc1[Si](c1ccccc1)(c1ccccc1)c1ccccc1C(C)(C)c1ccccc1-2. The smallest absolute Gasteiger partial charge is 0.0623 e. The van der Waals surface area contributed by atoms with E-state index in [0.29, 0.717) is 0 Å². The second kappa shape index (κ2) is 9.87. The first-order valence-electron chi connectivity index (χ1n) is 14.5. The first-order chi connectivity index (χ1) is 20.0. The van der Waals surface area contributed by atoms with E-state index in [9.17, 15) is 0 Å². The highest BCUT2D eigenvalue weighted by Gasteiger charge is 2.47. The van der Waals surface area contributed by atoms with Gasteiger partial charge in [-0.2, -0.15) is 0 Å². The Hall–Kier alpha value is -4.46. The molecule has 0 atom stereocenters. The summed E-state index contributed by atoms with van der Waals surface area (Å²) in [5.74, 6) is 0. The summed E-state index contributed by atoms with van der Waals surface area (Å²) in [6, 6.07) is 57.3. The molecule has 1 heteroatoms. The lowest BCUT2D eigenvalue weighted by molar-refractivity contribution is 0.646. The molecule has 6 aromatic rings. The summed E-state index contributed by atoms with van der Waals surface area (Å²) in [6.45, 7) is 7.05. The van der Waals surface area contributed by atoms with Gasteiger partial charge in [0.05, 0.1) is 0 Å². The minimum absolute atomic E-state index is 0.233. The molecule has 0 aliphatic carbocycles. The molecule has 0 radical (unpaired) electrons. The van der Waals surface area contributed by atoms with Gasteiger partial charge < -0.3 is 0 Å². The van der Waals surface area contributed by atoms with Crippen molar-refractivity contribution in [2.24, 2.45) is 0 Å². The molecule has 0 fully saturated rings. The van der Waals surface area contributed by atoms with Crippen LogP contribution in [0.25, 0.3) is 22.3 Å². The third kappa shape index (κ3) is 3.88. The molecule has 1 aliphatic rings. The third-order valence-corrected chi connectivity index (χ3v) is 14.0. The van der Waals surface area contributed by atoms with Gasteiger partial charge in [0.25, 0.3) is 0 Å². The van der Waals surface area contributed by atoms with E-state index < -0.39 is 8.07 Å². The topological polar surface area (TPSA) is 0 Å². The van der Waals surface area contributed by atoms with Gasteiger partial charge in [-0.15, -0.1) is 0 Å². The van der Waals surface area contributed by atoms with Crippen molar-refractivity contribution in [1.82, 2.24) is 0 Å². The summed E-state index contributed by atoms with van der Waals surface area (Å²) in [4.78, 5) is 0. The van der Waals surface area contributed by atoms with E-state index >= 15 is 0 Å². The maximum Gasteiger partial charge on any atom is 0.180 e. The fourth-order valence-corrected chi connectivity index (χ4v) is 12.6. The van der Waals surface area contributed by atoms with E-state index in [-0.39, 0.29) is 5.41 Å². The zero-order valence-electron chi connectivity index (χ0n) is 23.9. The fourth-order valence-electron chi connectivity index (χ4n) is 7.23. The van der Waals surface area contributed by atoms with E-state index in [4.69, 9.17) is 0 Å². The highest BCUT2D eigenvalue weighted by atomic mass is 28.3. The molecule has 0 bridgehead atoms. The van der Waals surface area contributed by atoms with Gasteiger partial charge in [-0.25, -0.2) is 0 Å². The predicted molar refractivity (Wildman–Crippen MR) is 178 cm³/mol. The molecule has 0 aromatic heterocycles. The summed E-state index contributed by atoms with van der Waals surface area (Å²) < 4.78 is 0. The van der Waals surface area contributed by atoms with E-state index in [2.05, 4.69) is 172 Å². The Kier molecular flexibility index (Phi) is 6.14. The molecule has 0 saturated heterocycles. The Morgan fingerprint density at radius 3 is 1.59 bits per heavy atom. The van der Waals surface area contributed by atoms with Gasteiger partial charge in [-0.1, -0.05) is 171 Å². The molecular weight excluding hydrogens is 509 g/mol. The van der Waals surface area contributed by atoms with Crippen LogP contribution in [0.2, 0.25) is 0 Å². The van der Waals surface area contributed by atoms with Crippen LogP contribution < -0.4 is 20.7 Å². The molecule has 7 rings (SSSR count). The van der Waals surface area contributed by atoms with Crippen LogP contribution in [0.5, 0.6) is 0 Å². The standard InChI is InChI=1S/C40H34Si/c1-29-26-27-32-33-20-10-12-22-36(33)40(2,3)37-23-13-15-25-39(37)41(30-16-6-4-7-17-30,31-18-8-5-9-19-31)38-24-14-11-21-34(38)35(32)28-29/h4-28H,1-3H3. The first kappa shape index (κ1) is 25.5. The van der Waals surface area contributed by atoms with Gasteiger partial charge in [0.1, 0.15) is 0 Å². The monoisotopic (exact) mass is 542 g/mol. The van der Waals surface area contributed by atoms with Crippen LogP contribution in [-0.4, -0.2) is 8.07 Å². The second-order valence-electron chi connectivity index (χ2n) is 11.8. The largest absolute Gasteiger partial charge is 0.180 e. The molecule has 0 amide bonds. The van der Waals surface area contributed by atoms with Crippen LogP contribution in [0.3, 0.4) is 0 Å². The average Bonchev–Trinajstić information content (AvgIpc) is 3.03. The van der Waals surface area contributed by atoms with Crippen molar-refractivity contribution in [3.8, 4) is 22.3 Å². The molecule has 0 nitrogen and oxygen atoms in total. The molecule has 198 valence electrons. The van der Waals surface area contributed by atoms with E-state index in [1.807, 2.05) is 0 Å². The predicted octanol–water partition coefficient (Wildman–Crippen LogP) is 7.35. The van der Waals surface area contributed by atoms with Crippen molar-refractivity contribution >= 4 is 28.8 Å². The molecule has 0 N–H and O–H groups in total. The normalized spacial score (nSPS) is 14.6. The van der Waals surface area contributed by atoms with Gasteiger partial charge in [0.15, 0.2) is 8.07 Å². The van der Waals surface area contributed by atoms with E-state index in [1.54, 1.807) is 0 Å². The number of rotatable bonds is 2. The van der Waals surface area contributed by atoms with Gasteiger partial charge in [-0.05, 0) is 61.1 Å². The number of hydrogen-bond acceptors (Lipinski definition) is 0. The van der Waals surface area contributed by atoms with Crippen LogP contribution in [-0.2, 0) is 5.41 Å². The highest BCUT2D eigenvalue weighted by Crippen LogP contribution is 2.42. The quantitative estimate of drug-likeness (QED) is 0.201. The summed E-state index contributed by atoms with van der Waals surface area (Å²) in [6.07, 6.45) is 0. The van der Waals surface area contributed by atoms with Crippen molar-refractivity contribution in [2.45, 2.75) is 26.2 Å². The number of hydrogen-bond donors (Lipinski definition) is 0. The summed E-state index contributed by atoms with van der Waals surface area (Å²) in [5, 5.41) is 5.71. The summed E-state index contributed by atoms with van der Waals surface area (Å²) >= 11 is 0. The lowest BCUT2D eigenvalue weighted by Gasteiger charge is -2.41. The van der Waals surface area contributed by atoms with Crippen molar-refractivity contribution in [1.29, 1.82) is 0 Å². The zero-order valence-corrected chi connectivity index (χ0v) is 24.9. The third-order valence-electron chi connectivity index (χ3n) is 9.10. The maximum absolute atomic E-state index is 2.81.